The van der Waals surface area contributed by atoms with E-state index in [1.165, 1.54) is 21.5 Å². The Hall–Kier alpha value is -2.34. The lowest BCUT2D eigenvalue weighted by Crippen LogP contribution is -2.07. The van der Waals surface area contributed by atoms with Crippen molar-refractivity contribution in [2.75, 3.05) is 0 Å². The van der Waals surface area contributed by atoms with Gasteiger partial charge in [0, 0.05) is 10.8 Å². The Morgan fingerprint density at radius 1 is 0.667 bits per heavy atom. The van der Waals surface area contributed by atoms with E-state index < -0.39 is 7.32 Å². The molecular weight excluding hydrogens is 267 g/mol. The van der Waals surface area contributed by atoms with Gasteiger partial charge < -0.3 is 19.5 Å². The maximum absolute atomic E-state index is 7.17. The van der Waals surface area contributed by atoms with Crippen LogP contribution in [-0.2, 0) is 0 Å². The SMILES string of the molecule is OB(O)O.c1ccc2c(c1)ccc1oc3ccccc3c12. The summed E-state index contributed by atoms with van der Waals surface area (Å²) in [6.45, 7) is 0. The Labute approximate surface area is 121 Å². The fourth-order valence-corrected chi connectivity index (χ4v) is 2.50. The third-order valence-electron chi connectivity index (χ3n) is 3.27. The Morgan fingerprint density at radius 2 is 1.29 bits per heavy atom. The van der Waals surface area contributed by atoms with Gasteiger partial charge in [-0.2, -0.15) is 0 Å². The van der Waals surface area contributed by atoms with Crippen LogP contribution in [-0.4, -0.2) is 22.4 Å². The van der Waals surface area contributed by atoms with Crippen LogP contribution < -0.4 is 0 Å². The summed E-state index contributed by atoms with van der Waals surface area (Å²) in [6.07, 6.45) is 0. The summed E-state index contributed by atoms with van der Waals surface area (Å²) >= 11 is 0. The molecule has 0 saturated carbocycles. The Bertz CT molecular complexity index is 890. The van der Waals surface area contributed by atoms with Crippen molar-refractivity contribution in [3.05, 3.63) is 60.7 Å². The van der Waals surface area contributed by atoms with Gasteiger partial charge in [-0.05, 0) is 22.9 Å². The summed E-state index contributed by atoms with van der Waals surface area (Å²) in [6, 6.07) is 20.8. The smallest absolute Gasteiger partial charge is 0.456 e. The first-order valence-corrected chi connectivity index (χ1v) is 6.50. The highest BCUT2D eigenvalue weighted by Crippen LogP contribution is 2.33. The van der Waals surface area contributed by atoms with Crippen LogP contribution in [0.25, 0.3) is 32.7 Å². The zero-order valence-electron chi connectivity index (χ0n) is 11.1. The zero-order valence-corrected chi connectivity index (χ0v) is 11.1. The van der Waals surface area contributed by atoms with E-state index in [2.05, 4.69) is 48.5 Å². The molecule has 0 aliphatic rings. The van der Waals surface area contributed by atoms with Crippen LogP contribution in [0.2, 0.25) is 0 Å². The molecule has 21 heavy (non-hydrogen) atoms. The van der Waals surface area contributed by atoms with Crippen molar-refractivity contribution >= 4 is 40.0 Å². The van der Waals surface area contributed by atoms with Gasteiger partial charge in [-0.15, -0.1) is 0 Å². The highest BCUT2D eigenvalue weighted by atomic mass is 16.5. The molecule has 0 radical (unpaired) electrons. The number of rotatable bonds is 0. The van der Waals surface area contributed by atoms with Gasteiger partial charge in [-0.3, -0.25) is 0 Å². The average Bonchev–Trinajstić information content (AvgIpc) is 2.85. The highest BCUT2D eigenvalue weighted by molar-refractivity contribution is 6.30. The van der Waals surface area contributed by atoms with Crippen LogP contribution in [0.1, 0.15) is 0 Å². The van der Waals surface area contributed by atoms with Crippen molar-refractivity contribution < 1.29 is 19.5 Å². The molecule has 0 aliphatic heterocycles. The lowest BCUT2D eigenvalue weighted by molar-refractivity contribution is 0.278. The summed E-state index contributed by atoms with van der Waals surface area (Å²) in [4.78, 5) is 0. The Kier molecular flexibility index (Phi) is 3.62. The van der Waals surface area contributed by atoms with Crippen LogP contribution in [0.5, 0.6) is 0 Å². The molecule has 3 aromatic carbocycles. The summed E-state index contributed by atoms with van der Waals surface area (Å²) in [5.41, 5.74) is 1.92. The van der Waals surface area contributed by atoms with E-state index in [1.54, 1.807) is 0 Å². The summed E-state index contributed by atoms with van der Waals surface area (Å²) in [7, 11) is -2.17. The normalized spacial score (nSPS) is 10.6. The molecule has 1 heterocycles. The van der Waals surface area contributed by atoms with Crippen molar-refractivity contribution in [1.29, 1.82) is 0 Å². The van der Waals surface area contributed by atoms with Crippen molar-refractivity contribution in [3.8, 4) is 0 Å². The maximum atomic E-state index is 7.17. The van der Waals surface area contributed by atoms with Gasteiger partial charge in [0.15, 0.2) is 0 Å². The molecule has 5 heteroatoms. The van der Waals surface area contributed by atoms with Gasteiger partial charge in [-0.25, -0.2) is 0 Å². The first-order chi connectivity index (χ1) is 10.2. The lowest BCUT2D eigenvalue weighted by Gasteiger charge is -1.98. The van der Waals surface area contributed by atoms with Gasteiger partial charge in [0.1, 0.15) is 11.2 Å². The van der Waals surface area contributed by atoms with E-state index in [4.69, 9.17) is 19.5 Å². The van der Waals surface area contributed by atoms with Crippen LogP contribution in [0.15, 0.2) is 65.1 Å². The van der Waals surface area contributed by atoms with Gasteiger partial charge in [0.05, 0.1) is 0 Å². The molecule has 1 aromatic heterocycles. The number of furan rings is 1. The summed E-state index contributed by atoms with van der Waals surface area (Å²) < 4.78 is 5.86. The maximum Gasteiger partial charge on any atom is 0.631 e. The first-order valence-electron chi connectivity index (χ1n) is 6.50. The number of para-hydroxylation sites is 1. The molecule has 4 rings (SSSR count). The molecule has 0 unspecified atom stereocenters. The summed E-state index contributed by atoms with van der Waals surface area (Å²) in [5.74, 6) is 0. The Morgan fingerprint density at radius 3 is 2.05 bits per heavy atom. The number of benzene rings is 3. The van der Waals surface area contributed by atoms with Crippen LogP contribution >= 0.6 is 0 Å². The standard InChI is InChI=1S/C16H10O.BH3O3/c1-2-6-12-11(5-1)9-10-15-16(12)13-7-3-4-8-14(13)17-15;2-1(3)4/h1-10H;2-4H. The van der Waals surface area contributed by atoms with Crippen molar-refractivity contribution in [2.24, 2.45) is 0 Å². The third kappa shape index (κ3) is 2.62. The largest absolute Gasteiger partial charge is 0.631 e. The molecule has 0 spiro atoms. The predicted octanol–water partition coefficient (Wildman–Crippen LogP) is 2.69. The number of hydrogen-bond acceptors (Lipinski definition) is 4. The van der Waals surface area contributed by atoms with E-state index in [0.29, 0.717) is 0 Å². The minimum atomic E-state index is -2.17. The van der Waals surface area contributed by atoms with E-state index in [1.807, 2.05) is 12.1 Å². The van der Waals surface area contributed by atoms with Crippen molar-refractivity contribution in [2.45, 2.75) is 0 Å². The molecule has 0 aliphatic carbocycles. The molecule has 0 bridgehead atoms. The lowest BCUT2D eigenvalue weighted by atomic mass is 10.0. The molecule has 0 saturated heterocycles. The predicted molar refractivity (Wildman–Crippen MR) is 83.6 cm³/mol. The monoisotopic (exact) mass is 280 g/mol. The quantitative estimate of drug-likeness (QED) is 0.433. The summed E-state index contributed by atoms with van der Waals surface area (Å²) in [5, 5.41) is 26.4. The molecular formula is C16H13BO4. The first kappa shape index (κ1) is 13.6. The average molecular weight is 280 g/mol. The van der Waals surface area contributed by atoms with E-state index in [0.717, 1.165) is 11.2 Å². The van der Waals surface area contributed by atoms with Crippen molar-refractivity contribution in [1.82, 2.24) is 0 Å². The van der Waals surface area contributed by atoms with Crippen molar-refractivity contribution in [3.63, 3.8) is 0 Å². The number of hydrogen-bond donors (Lipinski definition) is 3. The minimum absolute atomic E-state index is 0.957. The second-order valence-corrected chi connectivity index (χ2v) is 4.60. The van der Waals surface area contributed by atoms with Gasteiger partial charge in [0.25, 0.3) is 0 Å². The number of fused-ring (bicyclic) bond motifs is 5. The fraction of sp³-hybridized carbons (Fsp3) is 0. The molecule has 4 aromatic rings. The molecule has 104 valence electrons. The van der Waals surface area contributed by atoms with Crippen LogP contribution in [0, 0.1) is 0 Å². The minimum Gasteiger partial charge on any atom is -0.456 e. The van der Waals surface area contributed by atoms with E-state index >= 15 is 0 Å². The van der Waals surface area contributed by atoms with Gasteiger partial charge in [0.2, 0.25) is 0 Å². The fourth-order valence-electron chi connectivity index (χ4n) is 2.50. The molecule has 0 atom stereocenters. The van der Waals surface area contributed by atoms with Gasteiger partial charge >= 0.3 is 7.32 Å². The zero-order chi connectivity index (χ0) is 14.8. The Balaban J connectivity index is 0.000000298. The van der Waals surface area contributed by atoms with Crippen LogP contribution in [0.4, 0.5) is 0 Å². The van der Waals surface area contributed by atoms with E-state index in [9.17, 15) is 0 Å². The van der Waals surface area contributed by atoms with E-state index in [-0.39, 0.29) is 0 Å². The highest BCUT2D eigenvalue weighted by Gasteiger charge is 2.08. The second kappa shape index (κ2) is 5.57. The van der Waals surface area contributed by atoms with Crippen LogP contribution in [0.3, 0.4) is 0 Å². The van der Waals surface area contributed by atoms with Gasteiger partial charge in [-0.1, -0.05) is 48.5 Å². The molecule has 4 nitrogen and oxygen atoms in total. The molecule has 0 amide bonds. The topological polar surface area (TPSA) is 73.8 Å². The molecule has 0 fully saturated rings. The molecule has 3 N–H and O–H groups in total. The third-order valence-corrected chi connectivity index (χ3v) is 3.27. The second-order valence-electron chi connectivity index (χ2n) is 4.60.